The average Bonchev–Trinajstić information content (AvgIpc) is 2.49. The molecule has 0 heterocycles. The Bertz CT molecular complexity index is 687. The molecule has 9 heteroatoms. The smallest absolute Gasteiger partial charge is 0.422 e. The first-order chi connectivity index (χ1) is 11.5. The van der Waals surface area contributed by atoms with Crippen LogP contribution in [0.4, 0.5) is 0 Å². The predicted molar refractivity (Wildman–Crippen MR) is 93.6 cm³/mol. The zero-order valence-corrected chi connectivity index (χ0v) is 16.0. The minimum atomic E-state index is -1.85. The second kappa shape index (κ2) is 9.27. The number of carboxylic acids is 1. The second-order valence-electron chi connectivity index (χ2n) is 5.89. The van der Waals surface area contributed by atoms with E-state index in [4.69, 9.17) is 44.6 Å². The van der Waals surface area contributed by atoms with E-state index in [0.29, 0.717) is 5.92 Å². The predicted octanol–water partition coefficient (Wildman–Crippen LogP) is 4.48. The highest BCUT2D eigenvalue weighted by atomic mass is 35.5. The summed E-state index contributed by atoms with van der Waals surface area (Å²) in [6, 6.07) is 1.13. The van der Waals surface area contributed by atoms with Gasteiger partial charge in [-0.25, -0.2) is 14.4 Å². The van der Waals surface area contributed by atoms with Crippen molar-refractivity contribution in [3.05, 3.63) is 26.7 Å². The SMILES string of the molecule is CC(C)CC(C)COC(=O)c1c(Cl)c(Cl)cc(Cl)c1OC(=O)C(=O)O. The van der Waals surface area contributed by atoms with Crippen LogP contribution in [0, 0.1) is 11.8 Å². The normalized spacial score (nSPS) is 12.0. The Hall–Kier alpha value is -1.50. The third-order valence-electron chi connectivity index (χ3n) is 3.07. The fourth-order valence-corrected chi connectivity index (χ4v) is 2.88. The third-order valence-corrected chi connectivity index (χ3v) is 4.14. The van der Waals surface area contributed by atoms with Crippen molar-refractivity contribution in [1.29, 1.82) is 0 Å². The number of aliphatic carboxylic acids is 1. The Kier molecular flexibility index (Phi) is 7.99. The molecule has 0 aliphatic heterocycles. The van der Waals surface area contributed by atoms with Crippen LogP contribution in [0.15, 0.2) is 6.07 Å². The fourth-order valence-electron chi connectivity index (χ4n) is 2.16. The zero-order chi connectivity index (χ0) is 19.3. The lowest BCUT2D eigenvalue weighted by Crippen LogP contribution is -2.22. The highest BCUT2D eigenvalue weighted by molar-refractivity contribution is 6.46. The van der Waals surface area contributed by atoms with E-state index in [1.165, 1.54) is 0 Å². The van der Waals surface area contributed by atoms with Crippen LogP contribution in [-0.2, 0) is 14.3 Å². The Morgan fingerprint density at radius 2 is 1.72 bits per heavy atom. The van der Waals surface area contributed by atoms with Crippen LogP contribution in [0.1, 0.15) is 37.6 Å². The van der Waals surface area contributed by atoms with Gasteiger partial charge >= 0.3 is 17.9 Å². The Morgan fingerprint density at radius 1 is 1.12 bits per heavy atom. The highest BCUT2D eigenvalue weighted by Gasteiger charge is 2.28. The van der Waals surface area contributed by atoms with E-state index in [-0.39, 0.29) is 27.6 Å². The summed E-state index contributed by atoms with van der Waals surface area (Å²) in [6.07, 6.45) is 0.832. The molecule has 6 nitrogen and oxygen atoms in total. The third kappa shape index (κ3) is 6.06. The van der Waals surface area contributed by atoms with Gasteiger partial charge in [0.25, 0.3) is 0 Å². The summed E-state index contributed by atoms with van der Waals surface area (Å²) in [7, 11) is 0. The summed E-state index contributed by atoms with van der Waals surface area (Å²) in [5.41, 5.74) is -0.398. The minimum Gasteiger partial charge on any atom is -0.473 e. The number of carboxylic acid groups (broad SMARTS) is 1. The van der Waals surface area contributed by atoms with Crippen LogP contribution < -0.4 is 4.74 Å². The van der Waals surface area contributed by atoms with E-state index in [1.807, 2.05) is 20.8 Å². The molecule has 1 rings (SSSR count). The van der Waals surface area contributed by atoms with Gasteiger partial charge in [0.05, 0.1) is 21.7 Å². The molecule has 0 amide bonds. The van der Waals surface area contributed by atoms with Crippen molar-refractivity contribution in [2.24, 2.45) is 11.8 Å². The molecule has 1 unspecified atom stereocenters. The number of hydrogen-bond acceptors (Lipinski definition) is 5. The molecular weight excluding hydrogens is 395 g/mol. The number of rotatable bonds is 6. The molecule has 0 aliphatic rings. The molecule has 0 spiro atoms. The summed E-state index contributed by atoms with van der Waals surface area (Å²) >= 11 is 17.8. The van der Waals surface area contributed by atoms with Gasteiger partial charge in [-0.2, -0.15) is 0 Å². The van der Waals surface area contributed by atoms with Crippen molar-refractivity contribution < 1.29 is 29.0 Å². The van der Waals surface area contributed by atoms with Gasteiger partial charge in [0.1, 0.15) is 5.56 Å². The molecule has 1 atom stereocenters. The number of carbonyl (C=O) groups excluding carboxylic acids is 2. The molecule has 138 valence electrons. The van der Waals surface area contributed by atoms with E-state index < -0.39 is 29.2 Å². The topological polar surface area (TPSA) is 89.9 Å². The van der Waals surface area contributed by atoms with Crippen LogP contribution in [0.25, 0.3) is 0 Å². The summed E-state index contributed by atoms with van der Waals surface area (Å²) in [5, 5.41) is 8.10. The van der Waals surface area contributed by atoms with Crippen LogP contribution in [-0.4, -0.2) is 29.6 Å². The van der Waals surface area contributed by atoms with Crippen LogP contribution in [0.2, 0.25) is 15.1 Å². The maximum atomic E-state index is 12.4. The molecule has 1 aromatic rings. The lowest BCUT2D eigenvalue weighted by molar-refractivity contribution is -0.158. The number of esters is 2. The standard InChI is InChI=1S/C16H17Cl3O6/c1-7(2)4-8(3)6-24-15(22)11-12(19)9(17)5-10(18)13(11)25-16(23)14(20)21/h5,7-8H,4,6H2,1-3H3,(H,20,21). The van der Waals surface area contributed by atoms with Crippen LogP contribution in [0.5, 0.6) is 5.75 Å². The lowest BCUT2D eigenvalue weighted by Gasteiger charge is -2.16. The monoisotopic (exact) mass is 410 g/mol. The van der Waals surface area contributed by atoms with E-state index in [9.17, 15) is 14.4 Å². The number of carbonyl (C=O) groups is 3. The van der Waals surface area contributed by atoms with Crippen LogP contribution in [0.3, 0.4) is 0 Å². The molecule has 0 fully saturated rings. The number of ether oxygens (including phenoxy) is 2. The van der Waals surface area contributed by atoms with E-state index >= 15 is 0 Å². The van der Waals surface area contributed by atoms with Crippen molar-refractivity contribution in [2.45, 2.75) is 27.2 Å². The molecular formula is C16H17Cl3O6. The Morgan fingerprint density at radius 3 is 2.24 bits per heavy atom. The van der Waals surface area contributed by atoms with Gasteiger partial charge in [-0.1, -0.05) is 55.6 Å². The molecule has 0 aromatic heterocycles. The van der Waals surface area contributed by atoms with Crippen molar-refractivity contribution >= 4 is 52.7 Å². The largest absolute Gasteiger partial charge is 0.473 e. The van der Waals surface area contributed by atoms with E-state index in [0.717, 1.165) is 12.5 Å². The molecule has 25 heavy (non-hydrogen) atoms. The maximum Gasteiger partial charge on any atom is 0.422 e. The number of halogens is 3. The summed E-state index contributed by atoms with van der Waals surface area (Å²) < 4.78 is 9.84. The highest BCUT2D eigenvalue weighted by Crippen LogP contribution is 2.39. The van der Waals surface area contributed by atoms with Gasteiger partial charge in [0.15, 0.2) is 5.75 Å². The first-order valence-electron chi connectivity index (χ1n) is 7.34. The average molecular weight is 412 g/mol. The summed E-state index contributed by atoms with van der Waals surface area (Å²) in [6.45, 7) is 6.08. The Labute approximate surface area is 159 Å². The first kappa shape index (κ1) is 21.5. The zero-order valence-electron chi connectivity index (χ0n) is 13.8. The van der Waals surface area contributed by atoms with Gasteiger partial charge in [-0.15, -0.1) is 0 Å². The summed E-state index contributed by atoms with van der Waals surface area (Å²) in [4.78, 5) is 34.4. The second-order valence-corrected chi connectivity index (χ2v) is 7.08. The fraction of sp³-hybridized carbons (Fsp3) is 0.438. The molecule has 0 aliphatic carbocycles. The first-order valence-corrected chi connectivity index (χ1v) is 8.47. The van der Waals surface area contributed by atoms with Crippen molar-refractivity contribution in [1.82, 2.24) is 0 Å². The van der Waals surface area contributed by atoms with Gasteiger partial charge in [0, 0.05) is 0 Å². The van der Waals surface area contributed by atoms with Gasteiger partial charge in [-0.05, 0) is 24.3 Å². The van der Waals surface area contributed by atoms with Crippen molar-refractivity contribution in [2.75, 3.05) is 6.61 Å². The van der Waals surface area contributed by atoms with Crippen molar-refractivity contribution in [3.63, 3.8) is 0 Å². The maximum absolute atomic E-state index is 12.4. The molecule has 0 radical (unpaired) electrons. The summed E-state index contributed by atoms with van der Waals surface area (Å²) in [5.74, 6) is -4.40. The van der Waals surface area contributed by atoms with E-state index in [2.05, 4.69) is 4.74 Å². The van der Waals surface area contributed by atoms with Gasteiger partial charge < -0.3 is 14.6 Å². The van der Waals surface area contributed by atoms with Crippen LogP contribution >= 0.6 is 34.8 Å². The minimum absolute atomic E-state index is 0.0658. The lowest BCUT2D eigenvalue weighted by atomic mass is 10.00. The van der Waals surface area contributed by atoms with Gasteiger partial charge in [0.2, 0.25) is 0 Å². The number of benzene rings is 1. The van der Waals surface area contributed by atoms with Gasteiger partial charge in [-0.3, -0.25) is 0 Å². The number of hydrogen-bond donors (Lipinski definition) is 1. The molecule has 0 saturated carbocycles. The Balaban J connectivity index is 3.12. The molecule has 1 aromatic carbocycles. The quantitative estimate of drug-likeness (QED) is 0.321. The van der Waals surface area contributed by atoms with Crippen molar-refractivity contribution in [3.8, 4) is 5.75 Å². The molecule has 0 saturated heterocycles. The van der Waals surface area contributed by atoms with E-state index in [1.54, 1.807) is 0 Å². The molecule has 0 bridgehead atoms. The molecule has 1 N–H and O–H groups in total.